The van der Waals surface area contributed by atoms with Crippen LogP contribution in [0.5, 0.6) is 5.75 Å². The molecule has 2 rings (SSSR count). The van der Waals surface area contributed by atoms with Crippen LogP contribution in [0.4, 0.5) is 14.5 Å². The number of nitrogens with one attached hydrogen (secondary N) is 1. The first-order chi connectivity index (χ1) is 13.2. The molecule has 2 aromatic rings. The second-order valence-corrected chi connectivity index (χ2v) is 6.68. The summed E-state index contributed by atoms with van der Waals surface area (Å²) in [7, 11) is 0. The highest BCUT2D eigenvalue weighted by molar-refractivity contribution is 6.32. The molecular formula is C18H20ClF2N3O4. The van der Waals surface area contributed by atoms with Crippen molar-refractivity contribution in [3.05, 3.63) is 40.7 Å². The van der Waals surface area contributed by atoms with E-state index in [4.69, 9.17) is 16.3 Å². The van der Waals surface area contributed by atoms with Gasteiger partial charge in [0.15, 0.2) is 6.61 Å². The Morgan fingerprint density at radius 1 is 1.29 bits per heavy atom. The topological polar surface area (TPSA) is 82.5 Å². The number of rotatable bonds is 8. The number of carbonyl (C=O) groups excluding carboxylic acids is 2. The SMILES string of the molecule is Cc1nn(CC(C)C)c(Cl)c1C(=O)OCC(=O)Nc1ccccc1OC(F)F. The molecule has 0 saturated carbocycles. The molecule has 0 saturated heterocycles. The molecule has 0 aliphatic rings. The summed E-state index contributed by atoms with van der Waals surface area (Å²) in [5, 5.41) is 6.69. The average Bonchev–Trinajstić information content (AvgIpc) is 2.87. The number of hydrogen-bond donors (Lipinski definition) is 1. The molecule has 7 nitrogen and oxygen atoms in total. The van der Waals surface area contributed by atoms with Gasteiger partial charge in [0.25, 0.3) is 5.91 Å². The van der Waals surface area contributed by atoms with Crippen molar-refractivity contribution in [2.24, 2.45) is 5.92 Å². The Morgan fingerprint density at radius 3 is 2.61 bits per heavy atom. The number of ether oxygens (including phenoxy) is 2. The van der Waals surface area contributed by atoms with Crippen molar-refractivity contribution < 1.29 is 27.8 Å². The molecule has 10 heteroatoms. The van der Waals surface area contributed by atoms with Gasteiger partial charge < -0.3 is 14.8 Å². The second kappa shape index (κ2) is 9.50. The molecule has 152 valence electrons. The molecule has 0 unspecified atom stereocenters. The molecule has 1 aromatic carbocycles. The largest absolute Gasteiger partial charge is 0.452 e. The van der Waals surface area contributed by atoms with Crippen molar-refractivity contribution in [3.63, 3.8) is 0 Å². The molecule has 0 radical (unpaired) electrons. The molecule has 28 heavy (non-hydrogen) atoms. The predicted molar refractivity (Wildman–Crippen MR) is 98.8 cm³/mol. The lowest BCUT2D eigenvalue weighted by Gasteiger charge is -2.11. The lowest BCUT2D eigenvalue weighted by molar-refractivity contribution is -0.119. The van der Waals surface area contributed by atoms with Gasteiger partial charge in [0.2, 0.25) is 0 Å². The summed E-state index contributed by atoms with van der Waals surface area (Å²) in [6.07, 6.45) is 0. The number of benzene rings is 1. The molecule has 1 N–H and O–H groups in total. The molecule has 1 amide bonds. The quantitative estimate of drug-likeness (QED) is 0.661. The van der Waals surface area contributed by atoms with Gasteiger partial charge in [0.05, 0.1) is 11.4 Å². The van der Waals surface area contributed by atoms with Gasteiger partial charge in [-0.25, -0.2) is 4.79 Å². The van der Waals surface area contributed by atoms with E-state index in [0.29, 0.717) is 12.2 Å². The van der Waals surface area contributed by atoms with Gasteiger partial charge in [0, 0.05) is 6.54 Å². The molecule has 0 aliphatic carbocycles. The van der Waals surface area contributed by atoms with Crippen LogP contribution in [0.2, 0.25) is 5.15 Å². The highest BCUT2D eigenvalue weighted by Crippen LogP contribution is 2.25. The summed E-state index contributed by atoms with van der Waals surface area (Å²) in [6, 6.07) is 5.67. The van der Waals surface area contributed by atoms with Gasteiger partial charge in [0.1, 0.15) is 16.5 Å². The third-order valence-electron chi connectivity index (χ3n) is 3.52. The molecular weight excluding hydrogens is 396 g/mol. The fourth-order valence-electron chi connectivity index (χ4n) is 2.41. The van der Waals surface area contributed by atoms with E-state index in [2.05, 4.69) is 15.2 Å². The Labute approximate surface area is 165 Å². The normalized spacial score (nSPS) is 11.0. The zero-order valence-corrected chi connectivity index (χ0v) is 16.3. The van der Waals surface area contributed by atoms with Crippen molar-refractivity contribution in [2.45, 2.75) is 33.9 Å². The van der Waals surface area contributed by atoms with E-state index in [1.165, 1.54) is 28.9 Å². The number of esters is 1. The van der Waals surface area contributed by atoms with Crippen LogP contribution >= 0.6 is 11.6 Å². The number of nitrogens with zero attached hydrogens (tertiary/aromatic N) is 2. The van der Waals surface area contributed by atoms with E-state index in [1.54, 1.807) is 6.92 Å². The first-order valence-corrected chi connectivity index (χ1v) is 8.80. The Morgan fingerprint density at radius 2 is 1.96 bits per heavy atom. The van der Waals surface area contributed by atoms with Gasteiger partial charge in [-0.3, -0.25) is 9.48 Å². The zero-order chi connectivity index (χ0) is 20.8. The Kier molecular flexibility index (Phi) is 7.33. The van der Waals surface area contributed by atoms with Gasteiger partial charge >= 0.3 is 12.6 Å². The molecule has 0 atom stereocenters. The summed E-state index contributed by atoms with van der Waals surface area (Å²) in [5.74, 6) is -1.46. The maximum Gasteiger partial charge on any atom is 0.387 e. The number of carbonyl (C=O) groups is 2. The van der Waals surface area contributed by atoms with Crippen LogP contribution in [0.15, 0.2) is 24.3 Å². The van der Waals surface area contributed by atoms with Crippen molar-refractivity contribution in [3.8, 4) is 5.75 Å². The Bertz CT molecular complexity index is 855. The van der Waals surface area contributed by atoms with Gasteiger partial charge in [-0.2, -0.15) is 13.9 Å². The maximum atomic E-state index is 12.4. The lowest BCUT2D eigenvalue weighted by atomic mass is 10.2. The average molecular weight is 416 g/mol. The monoisotopic (exact) mass is 415 g/mol. The second-order valence-electron chi connectivity index (χ2n) is 6.33. The highest BCUT2D eigenvalue weighted by Gasteiger charge is 2.23. The van der Waals surface area contributed by atoms with E-state index in [1.807, 2.05) is 13.8 Å². The summed E-state index contributed by atoms with van der Waals surface area (Å²) in [4.78, 5) is 24.3. The summed E-state index contributed by atoms with van der Waals surface area (Å²) in [5.41, 5.74) is 0.492. The van der Waals surface area contributed by atoms with E-state index in [-0.39, 0.29) is 28.1 Å². The number of anilines is 1. The molecule has 0 fully saturated rings. The molecule has 1 aromatic heterocycles. The van der Waals surface area contributed by atoms with Crippen molar-refractivity contribution in [1.29, 1.82) is 0 Å². The van der Waals surface area contributed by atoms with Gasteiger partial charge in [-0.05, 0) is 25.0 Å². The third kappa shape index (κ3) is 5.66. The third-order valence-corrected chi connectivity index (χ3v) is 3.90. The van der Waals surface area contributed by atoms with Crippen LogP contribution in [0, 0.1) is 12.8 Å². The number of amides is 1. The van der Waals surface area contributed by atoms with Crippen molar-refractivity contribution >= 4 is 29.2 Å². The van der Waals surface area contributed by atoms with E-state index < -0.39 is 25.1 Å². The number of alkyl halides is 2. The fourth-order valence-corrected chi connectivity index (χ4v) is 2.73. The number of aryl methyl sites for hydroxylation is 1. The van der Waals surface area contributed by atoms with Crippen LogP contribution in [0.3, 0.4) is 0 Å². The number of halogens is 3. The van der Waals surface area contributed by atoms with Crippen LogP contribution < -0.4 is 10.1 Å². The van der Waals surface area contributed by atoms with Crippen molar-refractivity contribution in [2.75, 3.05) is 11.9 Å². The van der Waals surface area contributed by atoms with Crippen LogP contribution in [0.25, 0.3) is 0 Å². The summed E-state index contributed by atoms with van der Waals surface area (Å²) in [6.45, 7) is 2.41. The predicted octanol–water partition coefficient (Wildman–Crippen LogP) is 3.90. The van der Waals surface area contributed by atoms with Crippen molar-refractivity contribution in [1.82, 2.24) is 9.78 Å². The first kappa shape index (κ1) is 21.6. The van der Waals surface area contributed by atoms with Crippen LogP contribution in [-0.2, 0) is 16.1 Å². The number of aromatic nitrogens is 2. The Balaban J connectivity index is 2.00. The standard InChI is InChI=1S/C18H20ClF2N3O4/c1-10(2)8-24-16(19)15(11(3)23-24)17(26)27-9-14(25)22-12-6-4-5-7-13(12)28-18(20)21/h4-7,10,18H,8-9H2,1-3H3,(H,22,25). The minimum atomic E-state index is -3.04. The molecule has 0 bridgehead atoms. The minimum Gasteiger partial charge on any atom is -0.452 e. The van der Waals surface area contributed by atoms with Crippen LogP contribution in [0.1, 0.15) is 29.9 Å². The smallest absolute Gasteiger partial charge is 0.387 e. The molecule has 0 spiro atoms. The van der Waals surface area contributed by atoms with Gasteiger partial charge in [-0.15, -0.1) is 0 Å². The molecule has 0 aliphatic heterocycles. The maximum absolute atomic E-state index is 12.4. The number of hydrogen-bond acceptors (Lipinski definition) is 5. The summed E-state index contributed by atoms with van der Waals surface area (Å²) < 4.78 is 35.6. The highest BCUT2D eigenvalue weighted by atomic mass is 35.5. The van der Waals surface area contributed by atoms with E-state index in [9.17, 15) is 18.4 Å². The summed E-state index contributed by atoms with van der Waals surface area (Å²) >= 11 is 6.19. The number of para-hydroxylation sites is 2. The van der Waals surface area contributed by atoms with Gasteiger partial charge in [-0.1, -0.05) is 37.6 Å². The minimum absolute atomic E-state index is 0.0304. The Hall–Kier alpha value is -2.68. The molecule has 1 heterocycles. The fraction of sp³-hybridized carbons (Fsp3) is 0.389. The zero-order valence-electron chi connectivity index (χ0n) is 15.5. The first-order valence-electron chi connectivity index (χ1n) is 8.42. The van der Waals surface area contributed by atoms with E-state index >= 15 is 0 Å². The lowest BCUT2D eigenvalue weighted by Crippen LogP contribution is -2.21. The van der Waals surface area contributed by atoms with Crippen LogP contribution in [-0.4, -0.2) is 34.9 Å². The van der Waals surface area contributed by atoms with E-state index in [0.717, 1.165) is 0 Å².